The highest BCUT2D eigenvalue weighted by atomic mass is 32.2. The van der Waals surface area contributed by atoms with Crippen molar-refractivity contribution in [3.05, 3.63) is 90.9 Å². The van der Waals surface area contributed by atoms with E-state index in [1.165, 1.54) is 6.20 Å². The van der Waals surface area contributed by atoms with Crippen LogP contribution < -0.4 is 5.32 Å². The first-order chi connectivity index (χ1) is 14.1. The molecule has 2 aromatic carbocycles. The number of sulfone groups is 1. The molecule has 0 aliphatic heterocycles. The summed E-state index contributed by atoms with van der Waals surface area (Å²) in [4.78, 5) is 17.0. The second kappa shape index (κ2) is 7.89. The van der Waals surface area contributed by atoms with Crippen LogP contribution >= 0.6 is 0 Å². The van der Waals surface area contributed by atoms with Gasteiger partial charge in [0, 0.05) is 23.3 Å². The maximum atomic E-state index is 13.1. The number of nitrogens with one attached hydrogen (secondary N) is 1. The number of rotatable bonds is 6. The molecule has 0 fully saturated rings. The van der Waals surface area contributed by atoms with Crippen LogP contribution in [0.25, 0.3) is 10.9 Å². The fourth-order valence-corrected chi connectivity index (χ4v) is 4.68. The Balaban J connectivity index is 1.64. The summed E-state index contributed by atoms with van der Waals surface area (Å²) in [5.74, 6) is -0.222. The minimum absolute atomic E-state index is 0.0116. The van der Waals surface area contributed by atoms with Crippen molar-refractivity contribution in [1.29, 1.82) is 0 Å². The van der Waals surface area contributed by atoms with Crippen LogP contribution in [0, 0.1) is 0 Å². The smallest absolute Gasteiger partial charge is 0.240 e. The molecule has 4 rings (SSSR count). The number of aromatic nitrogens is 2. The van der Waals surface area contributed by atoms with Gasteiger partial charge in [0.2, 0.25) is 15.7 Å². The molecule has 0 aliphatic carbocycles. The summed E-state index contributed by atoms with van der Waals surface area (Å²) in [6.07, 6.45) is 3.20. The van der Waals surface area contributed by atoms with Crippen molar-refractivity contribution in [2.24, 2.45) is 0 Å². The molecule has 1 N–H and O–H groups in total. The summed E-state index contributed by atoms with van der Waals surface area (Å²) in [6.45, 7) is 0.325. The molecule has 4 aromatic rings. The van der Waals surface area contributed by atoms with E-state index in [9.17, 15) is 13.2 Å². The largest absolute Gasteiger partial charge is 0.349 e. The van der Waals surface area contributed by atoms with Crippen LogP contribution in [0.5, 0.6) is 0 Å². The lowest BCUT2D eigenvalue weighted by atomic mass is 10.2. The number of hydrogen-bond acceptors (Lipinski definition) is 4. The second-order valence-electron chi connectivity index (χ2n) is 6.55. The fraction of sp³-hybridized carbons (Fsp3) is 0.0909. The average molecular weight is 405 g/mol. The molecular formula is C22H19N3O3S. The van der Waals surface area contributed by atoms with Crippen LogP contribution in [0.15, 0.2) is 95.0 Å². The monoisotopic (exact) mass is 405 g/mol. The maximum Gasteiger partial charge on any atom is 0.240 e. The minimum Gasteiger partial charge on any atom is -0.349 e. The van der Waals surface area contributed by atoms with E-state index in [1.807, 2.05) is 30.3 Å². The number of nitrogens with zero attached hydrogens (tertiary/aromatic N) is 2. The van der Waals surface area contributed by atoms with E-state index in [0.29, 0.717) is 17.4 Å². The van der Waals surface area contributed by atoms with Crippen molar-refractivity contribution in [3.8, 4) is 0 Å². The van der Waals surface area contributed by atoms with E-state index in [0.717, 1.165) is 5.69 Å². The SMILES string of the molecule is O=C(Cn1cc(S(=O)(=O)c2ccccc2)c2ccccc21)NCc1ccccn1. The van der Waals surface area contributed by atoms with Gasteiger partial charge in [0.15, 0.2) is 0 Å². The number of fused-ring (bicyclic) bond motifs is 1. The van der Waals surface area contributed by atoms with Crippen molar-refractivity contribution in [1.82, 2.24) is 14.9 Å². The average Bonchev–Trinajstić information content (AvgIpc) is 3.13. The first-order valence-electron chi connectivity index (χ1n) is 9.10. The molecule has 0 saturated heterocycles. The summed E-state index contributed by atoms with van der Waals surface area (Å²) in [5, 5.41) is 3.41. The lowest BCUT2D eigenvalue weighted by Gasteiger charge is -2.07. The van der Waals surface area contributed by atoms with Crippen LogP contribution in [0.4, 0.5) is 0 Å². The first-order valence-corrected chi connectivity index (χ1v) is 10.6. The highest BCUT2D eigenvalue weighted by Crippen LogP contribution is 2.30. The highest BCUT2D eigenvalue weighted by Gasteiger charge is 2.23. The molecule has 0 aliphatic rings. The van der Waals surface area contributed by atoms with Gasteiger partial charge in [0.1, 0.15) is 6.54 Å². The van der Waals surface area contributed by atoms with Crippen molar-refractivity contribution in [3.63, 3.8) is 0 Å². The molecule has 0 atom stereocenters. The predicted molar refractivity (Wildman–Crippen MR) is 110 cm³/mol. The van der Waals surface area contributed by atoms with Gasteiger partial charge in [0.25, 0.3) is 0 Å². The molecule has 1 amide bonds. The van der Waals surface area contributed by atoms with Crippen molar-refractivity contribution in [2.75, 3.05) is 0 Å². The van der Waals surface area contributed by atoms with Crippen LogP contribution in [-0.4, -0.2) is 23.9 Å². The second-order valence-corrected chi connectivity index (χ2v) is 8.47. The van der Waals surface area contributed by atoms with Gasteiger partial charge >= 0.3 is 0 Å². The zero-order chi connectivity index (χ0) is 20.3. The molecule has 0 saturated carbocycles. The Hall–Kier alpha value is -3.45. The molecular weight excluding hydrogens is 386 g/mol. The highest BCUT2D eigenvalue weighted by molar-refractivity contribution is 7.91. The summed E-state index contributed by atoms with van der Waals surface area (Å²) in [5.41, 5.74) is 1.44. The number of para-hydroxylation sites is 1. The summed E-state index contributed by atoms with van der Waals surface area (Å²) >= 11 is 0. The standard InChI is InChI=1S/C22H19N3O3S/c26-22(24-14-17-8-6-7-13-23-17)16-25-15-21(19-11-4-5-12-20(19)25)29(27,28)18-9-2-1-3-10-18/h1-13,15H,14,16H2,(H,24,26). The summed E-state index contributed by atoms with van der Waals surface area (Å²) in [7, 11) is -3.70. The van der Waals surface area contributed by atoms with Gasteiger partial charge in [0.05, 0.1) is 22.0 Å². The first kappa shape index (κ1) is 18.9. The number of hydrogen-bond donors (Lipinski definition) is 1. The van der Waals surface area contributed by atoms with E-state index in [2.05, 4.69) is 10.3 Å². The third-order valence-corrected chi connectivity index (χ3v) is 6.40. The Morgan fingerprint density at radius 1 is 0.931 bits per heavy atom. The number of amides is 1. The van der Waals surface area contributed by atoms with E-state index >= 15 is 0 Å². The zero-order valence-electron chi connectivity index (χ0n) is 15.5. The lowest BCUT2D eigenvalue weighted by molar-refractivity contribution is -0.121. The van der Waals surface area contributed by atoms with Crippen molar-refractivity contribution in [2.45, 2.75) is 22.9 Å². The van der Waals surface area contributed by atoms with Crippen LogP contribution in [-0.2, 0) is 27.7 Å². The number of carbonyl (C=O) groups is 1. The Kier molecular flexibility index (Phi) is 5.14. The van der Waals surface area contributed by atoms with E-state index in [-0.39, 0.29) is 22.2 Å². The maximum absolute atomic E-state index is 13.1. The van der Waals surface area contributed by atoms with E-state index in [4.69, 9.17) is 0 Å². The molecule has 0 bridgehead atoms. The topological polar surface area (TPSA) is 81.1 Å². The molecule has 0 unspecified atom stereocenters. The molecule has 0 radical (unpaired) electrons. The van der Waals surface area contributed by atoms with Crippen LogP contribution in [0.3, 0.4) is 0 Å². The van der Waals surface area contributed by atoms with Gasteiger partial charge in [-0.25, -0.2) is 8.42 Å². The van der Waals surface area contributed by atoms with E-state index < -0.39 is 9.84 Å². The van der Waals surface area contributed by atoms with Gasteiger partial charge in [-0.3, -0.25) is 9.78 Å². The Bertz CT molecular complexity index is 1250. The molecule has 2 aromatic heterocycles. The minimum atomic E-state index is -3.70. The summed E-state index contributed by atoms with van der Waals surface area (Å²) in [6, 6.07) is 21.0. The number of benzene rings is 2. The Morgan fingerprint density at radius 2 is 1.66 bits per heavy atom. The number of pyridine rings is 1. The predicted octanol–water partition coefficient (Wildman–Crippen LogP) is 3.19. The van der Waals surface area contributed by atoms with Crippen molar-refractivity contribution >= 4 is 26.6 Å². The van der Waals surface area contributed by atoms with Crippen molar-refractivity contribution < 1.29 is 13.2 Å². The fourth-order valence-electron chi connectivity index (χ4n) is 3.19. The lowest BCUT2D eigenvalue weighted by Crippen LogP contribution is -2.27. The van der Waals surface area contributed by atoms with Gasteiger partial charge in [-0.05, 0) is 30.3 Å². The molecule has 7 heteroatoms. The van der Waals surface area contributed by atoms with Gasteiger partial charge < -0.3 is 9.88 Å². The Morgan fingerprint density at radius 3 is 2.41 bits per heavy atom. The van der Waals surface area contributed by atoms with Crippen LogP contribution in [0.2, 0.25) is 0 Å². The van der Waals surface area contributed by atoms with Gasteiger partial charge in [-0.15, -0.1) is 0 Å². The molecule has 146 valence electrons. The van der Waals surface area contributed by atoms with Gasteiger partial charge in [-0.1, -0.05) is 42.5 Å². The van der Waals surface area contributed by atoms with Crippen LogP contribution in [0.1, 0.15) is 5.69 Å². The molecule has 29 heavy (non-hydrogen) atoms. The third-order valence-electron chi connectivity index (χ3n) is 4.60. The normalized spacial score (nSPS) is 11.4. The summed E-state index contributed by atoms with van der Waals surface area (Å²) < 4.78 is 27.9. The third kappa shape index (κ3) is 3.90. The van der Waals surface area contributed by atoms with Gasteiger partial charge in [-0.2, -0.15) is 0 Å². The Labute approximate surface area is 168 Å². The zero-order valence-corrected chi connectivity index (χ0v) is 16.3. The molecule has 6 nitrogen and oxygen atoms in total. The molecule has 2 heterocycles. The quantitative estimate of drug-likeness (QED) is 0.534. The number of carbonyl (C=O) groups excluding carboxylic acids is 1. The molecule has 0 spiro atoms. The van der Waals surface area contributed by atoms with E-state index in [1.54, 1.807) is 53.2 Å².